The van der Waals surface area contributed by atoms with E-state index in [1.54, 1.807) is 11.8 Å². The lowest BCUT2D eigenvalue weighted by molar-refractivity contribution is -0.142. The van der Waals surface area contributed by atoms with E-state index in [2.05, 4.69) is 10.6 Å². The molecule has 0 bridgehead atoms. The second-order valence-corrected chi connectivity index (χ2v) is 8.88. The van der Waals surface area contributed by atoms with E-state index in [1.807, 2.05) is 36.6 Å². The molecule has 5 N–H and O–H groups in total. The largest absolute Gasteiger partial charge is 0.480 e. The molecular weight excluding hydrogens is 432 g/mol. The van der Waals surface area contributed by atoms with Crippen LogP contribution in [0, 0.1) is 0 Å². The molecule has 0 aromatic heterocycles. The van der Waals surface area contributed by atoms with Gasteiger partial charge in [-0.2, -0.15) is 11.8 Å². The van der Waals surface area contributed by atoms with Crippen LogP contribution in [0.4, 0.5) is 0 Å². The van der Waals surface area contributed by atoms with Crippen LogP contribution in [0.2, 0.25) is 0 Å². The van der Waals surface area contributed by atoms with Gasteiger partial charge in [-0.1, -0.05) is 30.3 Å². The van der Waals surface area contributed by atoms with Crippen molar-refractivity contribution in [2.45, 2.75) is 56.8 Å². The monoisotopic (exact) mass is 464 g/mol. The number of carboxylic acids is 1. The van der Waals surface area contributed by atoms with Crippen molar-refractivity contribution in [1.29, 1.82) is 0 Å². The van der Waals surface area contributed by atoms with Gasteiger partial charge in [0.15, 0.2) is 0 Å². The fraction of sp³-hybridized carbons (Fsp3) is 0.545. The van der Waals surface area contributed by atoms with E-state index in [-0.39, 0.29) is 12.3 Å². The van der Waals surface area contributed by atoms with Gasteiger partial charge in [-0.05, 0) is 43.8 Å². The van der Waals surface area contributed by atoms with E-state index in [9.17, 15) is 19.2 Å². The number of hydrogen-bond donors (Lipinski definition) is 4. The minimum Gasteiger partial charge on any atom is -0.480 e. The van der Waals surface area contributed by atoms with E-state index < -0.39 is 42.0 Å². The first-order valence-corrected chi connectivity index (χ1v) is 12.1. The molecule has 1 fully saturated rings. The number of amides is 3. The Labute approximate surface area is 192 Å². The number of nitrogens with one attached hydrogen (secondary N) is 2. The number of nitrogens with two attached hydrogens (primary N) is 1. The summed E-state index contributed by atoms with van der Waals surface area (Å²) in [5.41, 5.74) is 6.84. The standard InChI is InChI=1S/C22H32N4O5S/c1-14(22(30)31)24-19(27)17(13-15-7-4-3-5-8-15)25-20(28)18-9-6-11-26(18)21(29)16(23)10-12-32-2/h3-5,7-8,14,16-18H,6,9-13,23H2,1-2H3,(H,24,27)(H,25,28)(H,30,31). The molecule has 176 valence electrons. The van der Waals surface area contributed by atoms with Gasteiger partial charge in [-0.15, -0.1) is 0 Å². The average molecular weight is 465 g/mol. The fourth-order valence-corrected chi connectivity index (χ4v) is 4.08. The minimum absolute atomic E-state index is 0.193. The second-order valence-electron chi connectivity index (χ2n) is 7.90. The first-order valence-electron chi connectivity index (χ1n) is 10.7. The van der Waals surface area contributed by atoms with Gasteiger partial charge in [0.1, 0.15) is 18.1 Å². The SMILES string of the molecule is CSCCC(N)C(=O)N1CCCC1C(=O)NC(Cc1ccccc1)C(=O)NC(C)C(=O)O. The molecule has 1 aromatic carbocycles. The Morgan fingerprint density at radius 2 is 1.91 bits per heavy atom. The molecule has 0 saturated carbocycles. The molecular formula is C22H32N4O5S. The van der Waals surface area contributed by atoms with Gasteiger partial charge in [-0.25, -0.2) is 0 Å². The smallest absolute Gasteiger partial charge is 0.325 e. The maximum Gasteiger partial charge on any atom is 0.325 e. The zero-order valence-electron chi connectivity index (χ0n) is 18.5. The van der Waals surface area contributed by atoms with Gasteiger partial charge >= 0.3 is 5.97 Å². The van der Waals surface area contributed by atoms with Gasteiger partial charge in [0.2, 0.25) is 17.7 Å². The lowest BCUT2D eigenvalue weighted by atomic mass is 10.0. The number of carboxylic acid groups (broad SMARTS) is 1. The Hall–Kier alpha value is -2.59. The van der Waals surface area contributed by atoms with Gasteiger partial charge < -0.3 is 26.4 Å². The molecule has 2 rings (SSSR count). The Morgan fingerprint density at radius 1 is 1.22 bits per heavy atom. The number of carbonyl (C=O) groups is 4. The highest BCUT2D eigenvalue weighted by Gasteiger charge is 2.37. The van der Waals surface area contributed by atoms with Crippen LogP contribution in [-0.2, 0) is 25.6 Å². The number of benzene rings is 1. The normalized spacial score (nSPS) is 18.5. The highest BCUT2D eigenvalue weighted by molar-refractivity contribution is 7.98. The molecule has 1 saturated heterocycles. The lowest BCUT2D eigenvalue weighted by Gasteiger charge is -2.28. The third-order valence-corrected chi connectivity index (χ3v) is 6.08. The fourth-order valence-electron chi connectivity index (χ4n) is 3.59. The van der Waals surface area contributed by atoms with Crippen molar-refractivity contribution >= 4 is 35.5 Å². The summed E-state index contributed by atoms with van der Waals surface area (Å²) in [7, 11) is 0. The van der Waals surface area contributed by atoms with Crippen LogP contribution in [0.1, 0.15) is 31.7 Å². The molecule has 1 aliphatic rings. The molecule has 0 aliphatic carbocycles. The van der Waals surface area contributed by atoms with Crippen molar-refractivity contribution in [3.05, 3.63) is 35.9 Å². The minimum atomic E-state index is -1.17. The third kappa shape index (κ3) is 7.23. The van der Waals surface area contributed by atoms with Crippen LogP contribution in [0.5, 0.6) is 0 Å². The molecule has 3 amide bonds. The average Bonchev–Trinajstić information content (AvgIpc) is 3.27. The van der Waals surface area contributed by atoms with Crippen molar-refractivity contribution in [3.8, 4) is 0 Å². The molecule has 4 atom stereocenters. The molecule has 0 radical (unpaired) electrons. The number of rotatable bonds is 11. The van der Waals surface area contributed by atoms with Crippen molar-refractivity contribution < 1.29 is 24.3 Å². The topological polar surface area (TPSA) is 142 Å². The number of nitrogens with zero attached hydrogens (tertiary/aromatic N) is 1. The summed E-state index contributed by atoms with van der Waals surface area (Å²) in [5, 5.41) is 14.3. The summed E-state index contributed by atoms with van der Waals surface area (Å²) in [4.78, 5) is 51.2. The molecule has 0 spiro atoms. The second kappa shape index (κ2) is 12.4. The number of aliphatic carboxylic acids is 1. The van der Waals surface area contributed by atoms with E-state index in [0.717, 1.165) is 11.3 Å². The maximum atomic E-state index is 13.1. The van der Waals surface area contributed by atoms with Crippen molar-refractivity contribution in [2.24, 2.45) is 5.73 Å². The van der Waals surface area contributed by atoms with Gasteiger partial charge in [0.05, 0.1) is 6.04 Å². The van der Waals surface area contributed by atoms with Gasteiger partial charge in [0.25, 0.3) is 0 Å². The molecule has 10 heteroatoms. The lowest BCUT2D eigenvalue weighted by Crippen LogP contribution is -2.57. The van der Waals surface area contributed by atoms with Crippen LogP contribution >= 0.6 is 11.8 Å². The van der Waals surface area contributed by atoms with Crippen LogP contribution in [0.3, 0.4) is 0 Å². The van der Waals surface area contributed by atoms with Crippen LogP contribution < -0.4 is 16.4 Å². The molecule has 1 aromatic rings. The number of carbonyl (C=O) groups excluding carboxylic acids is 3. The first-order chi connectivity index (χ1) is 15.2. The highest BCUT2D eigenvalue weighted by Crippen LogP contribution is 2.19. The molecule has 9 nitrogen and oxygen atoms in total. The Balaban J connectivity index is 2.12. The number of thioether (sulfide) groups is 1. The van der Waals surface area contributed by atoms with Crippen molar-refractivity contribution in [1.82, 2.24) is 15.5 Å². The zero-order chi connectivity index (χ0) is 23.7. The van der Waals surface area contributed by atoms with Gasteiger partial charge in [-0.3, -0.25) is 19.2 Å². The summed E-state index contributed by atoms with van der Waals surface area (Å²) in [6, 6.07) is 5.67. The third-order valence-electron chi connectivity index (χ3n) is 5.43. The Bertz CT molecular complexity index is 807. The summed E-state index contributed by atoms with van der Waals surface area (Å²) in [5.74, 6) is -1.72. The summed E-state index contributed by atoms with van der Waals surface area (Å²) in [6.45, 7) is 1.80. The molecule has 1 heterocycles. The zero-order valence-corrected chi connectivity index (χ0v) is 19.3. The molecule has 1 aliphatic heterocycles. The first kappa shape index (κ1) is 25.7. The Morgan fingerprint density at radius 3 is 2.53 bits per heavy atom. The van der Waals surface area contributed by atoms with E-state index >= 15 is 0 Å². The maximum absolute atomic E-state index is 13.1. The van der Waals surface area contributed by atoms with Crippen LogP contribution in [0.15, 0.2) is 30.3 Å². The summed E-state index contributed by atoms with van der Waals surface area (Å²) < 4.78 is 0. The molecule has 32 heavy (non-hydrogen) atoms. The summed E-state index contributed by atoms with van der Waals surface area (Å²) >= 11 is 1.60. The van der Waals surface area contributed by atoms with Crippen molar-refractivity contribution in [2.75, 3.05) is 18.6 Å². The summed E-state index contributed by atoms with van der Waals surface area (Å²) in [6.07, 6.45) is 3.81. The predicted octanol–water partition coefficient (Wildman–Crippen LogP) is 0.375. The van der Waals surface area contributed by atoms with E-state index in [1.165, 1.54) is 11.8 Å². The van der Waals surface area contributed by atoms with Crippen LogP contribution in [-0.4, -0.2) is 76.4 Å². The van der Waals surface area contributed by atoms with Gasteiger partial charge in [0, 0.05) is 13.0 Å². The Kier molecular flexibility index (Phi) is 9.98. The van der Waals surface area contributed by atoms with E-state index in [4.69, 9.17) is 10.8 Å². The molecule has 4 unspecified atom stereocenters. The van der Waals surface area contributed by atoms with E-state index in [0.29, 0.717) is 25.8 Å². The number of hydrogen-bond acceptors (Lipinski definition) is 6. The number of likely N-dealkylation sites (tertiary alicyclic amines) is 1. The highest BCUT2D eigenvalue weighted by atomic mass is 32.2. The van der Waals surface area contributed by atoms with Crippen molar-refractivity contribution in [3.63, 3.8) is 0 Å². The quantitative estimate of drug-likeness (QED) is 0.371. The van der Waals surface area contributed by atoms with Crippen LogP contribution in [0.25, 0.3) is 0 Å². The predicted molar refractivity (Wildman–Crippen MR) is 123 cm³/mol.